The summed E-state index contributed by atoms with van der Waals surface area (Å²) in [7, 11) is 0. The summed E-state index contributed by atoms with van der Waals surface area (Å²) in [5, 5.41) is 4.51. The summed E-state index contributed by atoms with van der Waals surface area (Å²) in [6.07, 6.45) is 4.82. The van der Waals surface area contributed by atoms with E-state index in [0.717, 1.165) is 30.2 Å². The molecule has 0 radical (unpaired) electrons. The third kappa shape index (κ3) is 3.40. The quantitative estimate of drug-likeness (QED) is 0.804. The number of pyridine rings is 1. The third-order valence-electron chi connectivity index (χ3n) is 2.25. The lowest BCUT2D eigenvalue weighted by Gasteiger charge is -2.02. The van der Waals surface area contributed by atoms with Gasteiger partial charge in [0.1, 0.15) is 0 Å². The van der Waals surface area contributed by atoms with Crippen LogP contribution in [0.3, 0.4) is 0 Å². The van der Waals surface area contributed by atoms with E-state index in [4.69, 9.17) is 0 Å². The van der Waals surface area contributed by atoms with Gasteiger partial charge in [0, 0.05) is 30.4 Å². The molecule has 2 rings (SSSR count). The highest BCUT2D eigenvalue weighted by Gasteiger charge is 1.98. The van der Waals surface area contributed by atoms with Crippen molar-refractivity contribution in [3.63, 3.8) is 0 Å². The Morgan fingerprint density at radius 2 is 2.25 bits per heavy atom. The Kier molecular flexibility index (Phi) is 4.02. The lowest BCUT2D eigenvalue weighted by molar-refractivity contribution is 0.678. The maximum absolute atomic E-state index is 4.26. The van der Waals surface area contributed by atoms with E-state index in [-0.39, 0.29) is 0 Å². The molecule has 1 N–H and O–H groups in total. The van der Waals surface area contributed by atoms with Crippen LogP contribution in [0.15, 0.2) is 30.6 Å². The monoisotopic (exact) mass is 233 g/mol. The molecule has 2 aromatic heterocycles. The number of hydrogen-bond acceptors (Lipinski definition) is 4. The molecular weight excluding hydrogens is 218 g/mol. The second-order valence-corrected chi connectivity index (χ2v) is 4.91. The summed E-state index contributed by atoms with van der Waals surface area (Å²) in [4.78, 5) is 9.83. The predicted molar refractivity (Wildman–Crippen MR) is 66.5 cm³/mol. The molecule has 0 fully saturated rings. The highest BCUT2D eigenvalue weighted by atomic mass is 32.1. The highest BCUT2D eigenvalue weighted by molar-refractivity contribution is 7.11. The molecule has 0 saturated heterocycles. The minimum Gasteiger partial charge on any atom is -0.311 e. The number of nitrogens with one attached hydrogen (secondary N) is 1. The first kappa shape index (κ1) is 11.2. The van der Waals surface area contributed by atoms with Gasteiger partial charge in [-0.05, 0) is 25.5 Å². The SMILES string of the molecule is Cc1ncc(CCNCc2ccccn2)s1. The van der Waals surface area contributed by atoms with Crippen LogP contribution in [0.2, 0.25) is 0 Å². The zero-order valence-electron chi connectivity index (χ0n) is 9.31. The van der Waals surface area contributed by atoms with E-state index in [1.165, 1.54) is 4.88 Å². The van der Waals surface area contributed by atoms with E-state index in [9.17, 15) is 0 Å². The van der Waals surface area contributed by atoms with E-state index in [1.807, 2.05) is 37.5 Å². The number of aryl methyl sites for hydroxylation is 1. The normalized spacial score (nSPS) is 10.6. The topological polar surface area (TPSA) is 37.8 Å². The fourth-order valence-corrected chi connectivity index (χ4v) is 2.25. The standard InChI is InChI=1S/C12H15N3S/c1-10-15-9-12(16-10)5-7-13-8-11-4-2-3-6-14-11/h2-4,6,9,13H,5,7-8H2,1H3. The molecule has 0 aliphatic rings. The third-order valence-corrected chi connectivity index (χ3v) is 3.22. The summed E-state index contributed by atoms with van der Waals surface area (Å²) in [6.45, 7) is 3.84. The van der Waals surface area contributed by atoms with Crippen LogP contribution >= 0.6 is 11.3 Å². The summed E-state index contributed by atoms with van der Waals surface area (Å²) < 4.78 is 0. The molecular formula is C12H15N3S. The second kappa shape index (κ2) is 5.72. The van der Waals surface area contributed by atoms with Crippen molar-refractivity contribution in [2.24, 2.45) is 0 Å². The first-order valence-corrected chi connectivity index (χ1v) is 6.18. The van der Waals surface area contributed by atoms with E-state index >= 15 is 0 Å². The van der Waals surface area contributed by atoms with Gasteiger partial charge < -0.3 is 5.32 Å². The minimum absolute atomic E-state index is 0.832. The molecule has 4 heteroatoms. The highest BCUT2D eigenvalue weighted by Crippen LogP contribution is 2.11. The Labute approximate surface area is 99.6 Å². The zero-order valence-corrected chi connectivity index (χ0v) is 10.1. The molecule has 3 nitrogen and oxygen atoms in total. The fraction of sp³-hybridized carbons (Fsp3) is 0.333. The van der Waals surface area contributed by atoms with Crippen LogP contribution in [0.1, 0.15) is 15.6 Å². The molecule has 0 aliphatic carbocycles. The molecule has 0 saturated carbocycles. The summed E-state index contributed by atoms with van der Waals surface area (Å²) in [5.41, 5.74) is 1.09. The lowest BCUT2D eigenvalue weighted by Crippen LogP contribution is -2.16. The number of hydrogen-bond donors (Lipinski definition) is 1. The number of rotatable bonds is 5. The van der Waals surface area contributed by atoms with Crippen molar-refractivity contribution in [1.82, 2.24) is 15.3 Å². The molecule has 0 atom stereocenters. The van der Waals surface area contributed by atoms with Crippen LogP contribution in [0.4, 0.5) is 0 Å². The average molecular weight is 233 g/mol. The Morgan fingerprint density at radius 3 is 2.94 bits per heavy atom. The molecule has 0 bridgehead atoms. The molecule has 0 amide bonds. The molecule has 84 valence electrons. The molecule has 0 aliphatic heterocycles. The van der Waals surface area contributed by atoms with Crippen molar-refractivity contribution in [3.8, 4) is 0 Å². The number of nitrogens with zero attached hydrogens (tertiary/aromatic N) is 2. The van der Waals surface area contributed by atoms with Crippen molar-refractivity contribution >= 4 is 11.3 Å². The van der Waals surface area contributed by atoms with Crippen molar-refractivity contribution in [2.45, 2.75) is 19.9 Å². The largest absolute Gasteiger partial charge is 0.311 e. The first-order chi connectivity index (χ1) is 7.84. The van der Waals surface area contributed by atoms with E-state index in [0.29, 0.717) is 0 Å². The van der Waals surface area contributed by atoms with Crippen LogP contribution in [-0.2, 0) is 13.0 Å². The van der Waals surface area contributed by atoms with Gasteiger partial charge in [0.15, 0.2) is 0 Å². The van der Waals surface area contributed by atoms with E-state index < -0.39 is 0 Å². The van der Waals surface area contributed by atoms with Crippen LogP contribution in [-0.4, -0.2) is 16.5 Å². The van der Waals surface area contributed by atoms with Gasteiger partial charge in [0.05, 0.1) is 10.7 Å². The summed E-state index contributed by atoms with van der Waals surface area (Å²) in [6, 6.07) is 5.98. The van der Waals surface area contributed by atoms with Crippen LogP contribution < -0.4 is 5.32 Å². The van der Waals surface area contributed by atoms with Crippen molar-refractivity contribution < 1.29 is 0 Å². The predicted octanol–water partition coefficient (Wildman–Crippen LogP) is 2.18. The fourth-order valence-electron chi connectivity index (χ4n) is 1.45. The van der Waals surface area contributed by atoms with Gasteiger partial charge in [0.25, 0.3) is 0 Å². The molecule has 0 aromatic carbocycles. The Bertz CT molecular complexity index is 425. The van der Waals surface area contributed by atoms with Gasteiger partial charge >= 0.3 is 0 Å². The van der Waals surface area contributed by atoms with Crippen molar-refractivity contribution in [1.29, 1.82) is 0 Å². The molecule has 0 unspecified atom stereocenters. The van der Waals surface area contributed by atoms with Gasteiger partial charge in [-0.25, -0.2) is 4.98 Å². The van der Waals surface area contributed by atoms with Gasteiger partial charge in [0.2, 0.25) is 0 Å². The average Bonchev–Trinajstić information content (AvgIpc) is 2.72. The summed E-state index contributed by atoms with van der Waals surface area (Å²) in [5.74, 6) is 0. The van der Waals surface area contributed by atoms with Crippen molar-refractivity contribution in [2.75, 3.05) is 6.54 Å². The number of thiazole rings is 1. The van der Waals surface area contributed by atoms with Crippen LogP contribution in [0.25, 0.3) is 0 Å². The maximum Gasteiger partial charge on any atom is 0.0896 e. The van der Waals surface area contributed by atoms with Gasteiger partial charge in [-0.3, -0.25) is 4.98 Å². The minimum atomic E-state index is 0.832. The first-order valence-electron chi connectivity index (χ1n) is 5.36. The summed E-state index contributed by atoms with van der Waals surface area (Å²) >= 11 is 1.77. The smallest absolute Gasteiger partial charge is 0.0896 e. The second-order valence-electron chi connectivity index (χ2n) is 3.59. The Morgan fingerprint density at radius 1 is 1.31 bits per heavy atom. The van der Waals surface area contributed by atoms with Gasteiger partial charge in [-0.15, -0.1) is 11.3 Å². The molecule has 16 heavy (non-hydrogen) atoms. The molecule has 2 heterocycles. The van der Waals surface area contributed by atoms with Crippen LogP contribution in [0.5, 0.6) is 0 Å². The van der Waals surface area contributed by atoms with Crippen molar-refractivity contribution in [3.05, 3.63) is 46.2 Å². The number of aromatic nitrogens is 2. The lowest BCUT2D eigenvalue weighted by atomic mass is 10.3. The zero-order chi connectivity index (χ0) is 11.2. The maximum atomic E-state index is 4.26. The van der Waals surface area contributed by atoms with Crippen LogP contribution in [0, 0.1) is 6.92 Å². The van der Waals surface area contributed by atoms with Gasteiger partial charge in [-0.1, -0.05) is 6.07 Å². The Balaban J connectivity index is 1.69. The molecule has 0 spiro atoms. The molecule has 2 aromatic rings. The van der Waals surface area contributed by atoms with Gasteiger partial charge in [-0.2, -0.15) is 0 Å². The van der Waals surface area contributed by atoms with E-state index in [1.54, 1.807) is 11.3 Å². The van der Waals surface area contributed by atoms with E-state index in [2.05, 4.69) is 15.3 Å². The Hall–Kier alpha value is -1.26.